The first-order chi connectivity index (χ1) is 7.08. The van der Waals surface area contributed by atoms with Gasteiger partial charge in [0.25, 0.3) is 0 Å². The van der Waals surface area contributed by atoms with Crippen molar-refractivity contribution in [2.45, 2.75) is 46.2 Å². The van der Waals surface area contributed by atoms with Crippen LogP contribution < -0.4 is 5.32 Å². The molecule has 0 bridgehead atoms. The summed E-state index contributed by atoms with van der Waals surface area (Å²) >= 11 is 0. The first kappa shape index (κ1) is 10.7. The van der Waals surface area contributed by atoms with Crippen LogP contribution in [0, 0.1) is 19.8 Å². The van der Waals surface area contributed by atoms with Crippen molar-refractivity contribution in [2.24, 2.45) is 5.92 Å². The Labute approximate surface area is 92.9 Å². The largest absolute Gasteiger partial charge is 0.307 e. The summed E-state index contributed by atoms with van der Waals surface area (Å²) in [6.45, 7) is 8.93. The molecule has 1 saturated carbocycles. The topological polar surface area (TPSA) is 12.0 Å². The molecule has 1 aliphatic carbocycles. The molecule has 0 spiro atoms. The second-order valence-corrected chi connectivity index (χ2v) is 5.07. The van der Waals surface area contributed by atoms with Gasteiger partial charge in [0.05, 0.1) is 0 Å². The van der Waals surface area contributed by atoms with Crippen molar-refractivity contribution in [1.82, 2.24) is 5.32 Å². The average molecular weight is 203 g/mol. The Kier molecular flexibility index (Phi) is 2.83. The summed E-state index contributed by atoms with van der Waals surface area (Å²) in [5.74, 6) is 0.873. The van der Waals surface area contributed by atoms with Crippen LogP contribution in [0.1, 0.15) is 43.0 Å². The van der Waals surface area contributed by atoms with Crippen LogP contribution >= 0.6 is 0 Å². The Balaban J connectivity index is 2.07. The maximum Gasteiger partial charge on any atom is 0.0297 e. The lowest BCUT2D eigenvalue weighted by atomic mass is 10.0. The summed E-state index contributed by atoms with van der Waals surface area (Å²) in [4.78, 5) is 0. The molecule has 2 rings (SSSR count). The first-order valence-corrected chi connectivity index (χ1v) is 5.91. The third-order valence-electron chi connectivity index (χ3n) is 3.47. The molecular weight excluding hydrogens is 182 g/mol. The van der Waals surface area contributed by atoms with Crippen LogP contribution in [0.3, 0.4) is 0 Å². The third kappa shape index (κ3) is 2.40. The number of hydrogen-bond donors (Lipinski definition) is 1. The molecule has 15 heavy (non-hydrogen) atoms. The van der Waals surface area contributed by atoms with Gasteiger partial charge in [0.15, 0.2) is 0 Å². The summed E-state index contributed by atoms with van der Waals surface area (Å²) in [5.41, 5.74) is 4.20. The van der Waals surface area contributed by atoms with Crippen molar-refractivity contribution < 1.29 is 0 Å². The summed E-state index contributed by atoms with van der Waals surface area (Å²) < 4.78 is 0. The van der Waals surface area contributed by atoms with Gasteiger partial charge in [-0.2, -0.15) is 0 Å². The molecule has 1 nitrogen and oxygen atoms in total. The second kappa shape index (κ2) is 3.97. The van der Waals surface area contributed by atoms with Gasteiger partial charge >= 0.3 is 0 Å². The van der Waals surface area contributed by atoms with Crippen molar-refractivity contribution in [3.8, 4) is 0 Å². The van der Waals surface area contributed by atoms with Crippen LogP contribution in [-0.2, 0) is 0 Å². The van der Waals surface area contributed by atoms with E-state index in [1.165, 1.54) is 23.1 Å². The van der Waals surface area contributed by atoms with Crippen LogP contribution in [0.5, 0.6) is 0 Å². The summed E-state index contributed by atoms with van der Waals surface area (Å²) in [6.07, 6.45) is 1.34. The molecule has 1 aliphatic rings. The molecule has 0 heterocycles. The van der Waals surface area contributed by atoms with Gasteiger partial charge in [-0.25, -0.2) is 0 Å². The highest BCUT2D eigenvalue weighted by molar-refractivity contribution is 5.32. The van der Waals surface area contributed by atoms with E-state index in [9.17, 15) is 0 Å². The fourth-order valence-electron chi connectivity index (χ4n) is 2.28. The van der Waals surface area contributed by atoms with E-state index in [0.29, 0.717) is 6.04 Å². The highest BCUT2D eigenvalue weighted by Crippen LogP contribution is 2.32. The van der Waals surface area contributed by atoms with Crippen LogP contribution in [0.2, 0.25) is 0 Å². The highest BCUT2D eigenvalue weighted by Gasteiger charge is 2.33. The van der Waals surface area contributed by atoms with Crippen molar-refractivity contribution in [2.75, 3.05) is 0 Å². The fraction of sp³-hybridized carbons (Fsp3) is 0.571. The number of nitrogens with one attached hydrogen (secondary N) is 1. The standard InChI is InChI=1S/C14H21N/c1-9-5-6-13(10(2)7-9)12(4)15-14-8-11(14)3/h5-7,11-12,14-15H,8H2,1-4H3. The molecule has 1 heteroatoms. The number of hydrogen-bond acceptors (Lipinski definition) is 1. The Morgan fingerprint density at radius 2 is 2.00 bits per heavy atom. The predicted octanol–water partition coefficient (Wildman–Crippen LogP) is 3.36. The van der Waals surface area contributed by atoms with Crippen molar-refractivity contribution >= 4 is 0 Å². The fourth-order valence-corrected chi connectivity index (χ4v) is 2.28. The zero-order valence-electron chi connectivity index (χ0n) is 10.2. The molecule has 0 radical (unpaired) electrons. The summed E-state index contributed by atoms with van der Waals surface area (Å²) in [6, 6.07) is 7.97. The lowest BCUT2D eigenvalue weighted by Gasteiger charge is -2.17. The molecule has 3 atom stereocenters. The van der Waals surface area contributed by atoms with Crippen LogP contribution in [0.4, 0.5) is 0 Å². The SMILES string of the molecule is Cc1ccc(C(C)NC2CC2C)c(C)c1. The first-order valence-electron chi connectivity index (χ1n) is 5.91. The van der Waals surface area contributed by atoms with E-state index in [-0.39, 0.29) is 0 Å². The van der Waals surface area contributed by atoms with Crippen molar-refractivity contribution in [1.29, 1.82) is 0 Å². The Bertz CT molecular complexity index is 356. The monoisotopic (exact) mass is 203 g/mol. The van der Waals surface area contributed by atoms with E-state index in [1.54, 1.807) is 0 Å². The zero-order chi connectivity index (χ0) is 11.0. The van der Waals surface area contributed by atoms with Gasteiger partial charge in [-0.05, 0) is 44.2 Å². The minimum Gasteiger partial charge on any atom is -0.307 e. The quantitative estimate of drug-likeness (QED) is 0.794. The van der Waals surface area contributed by atoms with Gasteiger partial charge < -0.3 is 5.32 Å². The molecule has 1 aromatic carbocycles. The number of benzene rings is 1. The van der Waals surface area contributed by atoms with E-state index in [2.05, 4.69) is 51.2 Å². The van der Waals surface area contributed by atoms with E-state index in [0.717, 1.165) is 12.0 Å². The zero-order valence-corrected chi connectivity index (χ0v) is 10.2. The molecule has 0 saturated heterocycles. The highest BCUT2D eigenvalue weighted by atomic mass is 15.0. The maximum atomic E-state index is 3.68. The Morgan fingerprint density at radius 3 is 2.53 bits per heavy atom. The second-order valence-electron chi connectivity index (χ2n) is 5.07. The van der Waals surface area contributed by atoms with Crippen LogP contribution in [0.15, 0.2) is 18.2 Å². The average Bonchev–Trinajstić information content (AvgIpc) is 2.81. The molecule has 1 aromatic rings. The predicted molar refractivity (Wildman–Crippen MR) is 65.0 cm³/mol. The van der Waals surface area contributed by atoms with E-state index in [4.69, 9.17) is 0 Å². The molecule has 82 valence electrons. The minimum atomic E-state index is 0.487. The molecule has 1 fully saturated rings. The molecule has 0 amide bonds. The van der Waals surface area contributed by atoms with Gasteiger partial charge in [-0.1, -0.05) is 30.7 Å². The third-order valence-corrected chi connectivity index (χ3v) is 3.47. The number of aryl methyl sites for hydroxylation is 2. The molecule has 3 unspecified atom stereocenters. The van der Waals surface area contributed by atoms with Gasteiger partial charge in [0.2, 0.25) is 0 Å². The van der Waals surface area contributed by atoms with Crippen LogP contribution in [-0.4, -0.2) is 6.04 Å². The van der Waals surface area contributed by atoms with E-state index in [1.807, 2.05) is 0 Å². The normalized spacial score (nSPS) is 26.4. The lowest BCUT2D eigenvalue weighted by Crippen LogP contribution is -2.22. The van der Waals surface area contributed by atoms with Crippen molar-refractivity contribution in [3.05, 3.63) is 34.9 Å². The smallest absolute Gasteiger partial charge is 0.0297 e. The molecule has 0 aromatic heterocycles. The van der Waals surface area contributed by atoms with Gasteiger partial charge in [0.1, 0.15) is 0 Å². The lowest BCUT2D eigenvalue weighted by molar-refractivity contribution is 0.550. The Morgan fingerprint density at radius 1 is 1.33 bits per heavy atom. The summed E-state index contributed by atoms with van der Waals surface area (Å²) in [7, 11) is 0. The van der Waals surface area contributed by atoms with Gasteiger partial charge in [0, 0.05) is 12.1 Å². The maximum absolute atomic E-state index is 3.68. The van der Waals surface area contributed by atoms with E-state index >= 15 is 0 Å². The number of rotatable bonds is 3. The van der Waals surface area contributed by atoms with Crippen molar-refractivity contribution in [3.63, 3.8) is 0 Å². The van der Waals surface area contributed by atoms with Gasteiger partial charge in [-0.15, -0.1) is 0 Å². The Hall–Kier alpha value is -0.820. The van der Waals surface area contributed by atoms with Gasteiger partial charge in [-0.3, -0.25) is 0 Å². The van der Waals surface area contributed by atoms with E-state index < -0.39 is 0 Å². The van der Waals surface area contributed by atoms with Crippen LogP contribution in [0.25, 0.3) is 0 Å². The minimum absolute atomic E-state index is 0.487. The molecular formula is C14H21N. The molecule has 1 N–H and O–H groups in total. The molecule has 0 aliphatic heterocycles. The summed E-state index contributed by atoms with van der Waals surface area (Å²) in [5, 5.41) is 3.68.